The number of benzene rings is 2. The third-order valence-electron chi connectivity index (χ3n) is 4.71. The Morgan fingerprint density at radius 2 is 1.48 bits per heavy atom. The smallest absolute Gasteiger partial charge is 0.320 e. The molecule has 2 aromatic rings. The molecule has 0 radical (unpaired) electrons. The van der Waals surface area contributed by atoms with E-state index in [0.717, 1.165) is 29.9 Å². The number of hydrogen-bond donors (Lipinski definition) is 0. The predicted octanol–water partition coefficient (Wildman–Crippen LogP) is 4.28. The lowest BCUT2D eigenvalue weighted by Gasteiger charge is -2.21. The minimum atomic E-state index is -0.908. The molecule has 0 unspecified atom stereocenters. The van der Waals surface area contributed by atoms with E-state index in [1.54, 1.807) is 18.9 Å². The molecule has 1 atom stereocenters. The molecule has 0 saturated heterocycles. The molecular weight excluding hydrogens is 388 g/mol. The van der Waals surface area contributed by atoms with Gasteiger partial charge >= 0.3 is 11.9 Å². The normalized spacial score (nSPS) is 11.7. The first kappa shape index (κ1) is 22.8. The fourth-order valence-electron chi connectivity index (χ4n) is 3.01. The summed E-state index contributed by atoms with van der Waals surface area (Å²) < 4.78 is 14.9. The van der Waals surface area contributed by atoms with Crippen LogP contribution in [0.2, 0.25) is 0 Å². The molecule has 2 rings (SSSR count). The van der Waals surface area contributed by atoms with E-state index in [-0.39, 0.29) is 5.25 Å². The van der Waals surface area contributed by atoms with Gasteiger partial charge in [-0.15, -0.1) is 0 Å². The molecule has 0 saturated carbocycles. The van der Waals surface area contributed by atoms with Crippen molar-refractivity contribution in [2.45, 2.75) is 30.3 Å². The average Bonchev–Trinajstić information content (AvgIpc) is 2.78. The van der Waals surface area contributed by atoms with Crippen LogP contribution < -0.4 is 4.74 Å². The van der Waals surface area contributed by atoms with Gasteiger partial charge in [0.25, 0.3) is 0 Å². The largest absolute Gasteiger partial charge is 0.497 e. The average molecular weight is 417 g/mol. The number of carbonyl (C=O) groups excluding carboxylic acids is 2. The van der Waals surface area contributed by atoms with Crippen LogP contribution in [0.1, 0.15) is 24.0 Å². The van der Waals surface area contributed by atoms with E-state index < -0.39 is 17.9 Å². The monoisotopic (exact) mass is 416 g/mol. The van der Waals surface area contributed by atoms with E-state index >= 15 is 0 Å². The van der Waals surface area contributed by atoms with Crippen LogP contribution in [0.15, 0.2) is 54.6 Å². The molecule has 0 bridgehead atoms. The molecule has 0 aliphatic carbocycles. The van der Waals surface area contributed by atoms with Crippen LogP contribution in [-0.2, 0) is 31.2 Å². The molecule has 0 aromatic heterocycles. The summed E-state index contributed by atoms with van der Waals surface area (Å²) in [6.45, 7) is 0. The lowest BCUT2D eigenvalue weighted by atomic mass is 9.99. The molecule has 0 amide bonds. The second-order valence-electron chi connectivity index (χ2n) is 6.64. The summed E-state index contributed by atoms with van der Waals surface area (Å²) in [6, 6.07) is 18.1. The van der Waals surface area contributed by atoms with Gasteiger partial charge in [-0.05, 0) is 42.5 Å². The predicted molar refractivity (Wildman–Crippen MR) is 115 cm³/mol. The molecule has 2 aromatic carbocycles. The number of methoxy groups -OCH3 is 3. The number of hydrogen-bond acceptors (Lipinski definition) is 6. The summed E-state index contributed by atoms with van der Waals surface area (Å²) in [4.78, 5) is 24.2. The Labute approximate surface area is 176 Å². The lowest BCUT2D eigenvalue weighted by molar-refractivity contribution is -0.159. The minimum Gasteiger partial charge on any atom is -0.497 e. The van der Waals surface area contributed by atoms with Gasteiger partial charge in [-0.25, -0.2) is 0 Å². The molecule has 0 heterocycles. The van der Waals surface area contributed by atoms with E-state index in [4.69, 9.17) is 14.2 Å². The van der Waals surface area contributed by atoms with Gasteiger partial charge in [-0.1, -0.05) is 42.5 Å². The highest BCUT2D eigenvalue weighted by Crippen LogP contribution is 2.29. The Kier molecular flexibility index (Phi) is 9.57. The van der Waals surface area contributed by atoms with Gasteiger partial charge in [0.1, 0.15) is 5.75 Å². The Hall–Kier alpha value is -2.47. The second kappa shape index (κ2) is 12.2. The van der Waals surface area contributed by atoms with E-state index in [0.29, 0.717) is 6.42 Å². The standard InChI is InChI=1S/C23H28O5S/c1-26-19-12-9-18(10-13-19)16-29-20(14-11-17-7-5-4-6-8-17)15-21(22(24)27-2)23(25)28-3/h4-10,12-13,20-21H,11,14-16H2,1-3H3/t20-/m1/s1. The quantitative estimate of drug-likeness (QED) is 0.402. The first-order valence-electron chi connectivity index (χ1n) is 9.51. The van der Waals surface area contributed by atoms with Crippen molar-refractivity contribution >= 4 is 23.7 Å². The maximum atomic E-state index is 12.1. The Morgan fingerprint density at radius 1 is 0.862 bits per heavy atom. The Bertz CT molecular complexity index is 745. The number of carbonyl (C=O) groups is 2. The summed E-state index contributed by atoms with van der Waals surface area (Å²) in [6.07, 6.45) is 2.10. The molecule has 156 valence electrons. The Morgan fingerprint density at radius 3 is 2.03 bits per heavy atom. The molecule has 0 N–H and O–H groups in total. The van der Waals surface area contributed by atoms with Crippen molar-refractivity contribution in [1.29, 1.82) is 0 Å². The highest BCUT2D eigenvalue weighted by atomic mass is 32.2. The Balaban J connectivity index is 2.07. The summed E-state index contributed by atoms with van der Waals surface area (Å²) in [5.41, 5.74) is 2.39. The molecule has 0 aliphatic heterocycles. The molecule has 5 nitrogen and oxygen atoms in total. The maximum absolute atomic E-state index is 12.1. The van der Waals surface area contributed by atoms with Crippen LogP contribution in [0.3, 0.4) is 0 Å². The number of thioether (sulfide) groups is 1. The van der Waals surface area contributed by atoms with E-state index in [1.807, 2.05) is 42.5 Å². The fourth-order valence-corrected chi connectivity index (χ4v) is 4.25. The lowest BCUT2D eigenvalue weighted by Crippen LogP contribution is -2.29. The van der Waals surface area contributed by atoms with Gasteiger partial charge in [0.05, 0.1) is 21.3 Å². The third-order valence-corrected chi connectivity index (χ3v) is 6.11. The van der Waals surface area contributed by atoms with E-state index in [1.165, 1.54) is 19.8 Å². The van der Waals surface area contributed by atoms with Crippen molar-refractivity contribution < 1.29 is 23.8 Å². The van der Waals surface area contributed by atoms with Crippen LogP contribution >= 0.6 is 11.8 Å². The summed E-state index contributed by atoms with van der Waals surface area (Å²) in [5.74, 6) is -0.415. The molecule has 29 heavy (non-hydrogen) atoms. The van der Waals surface area contributed by atoms with Crippen LogP contribution in [0.5, 0.6) is 5.75 Å². The van der Waals surface area contributed by atoms with Crippen LogP contribution in [0.25, 0.3) is 0 Å². The molecule has 0 aliphatic rings. The topological polar surface area (TPSA) is 61.8 Å². The van der Waals surface area contributed by atoms with Crippen molar-refractivity contribution in [3.05, 3.63) is 65.7 Å². The summed E-state index contributed by atoms with van der Waals surface area (Å²) in [5, 5.41) is 0.0977. The van der Waals surface area contributed by atoms with Crippen molar-refractivity contribution in [2.75, 3.05) is 21.3 Å². The van der Waals surface area contributed by atoms with Crippen molar-refractivity contribution in [3.8, 4) is 5.75 Å². The van der Waals surface area contributed by atoms with Gasteiger partial charge in [-0.2, -0.15) is 11.8 Å². The van der Waals surface area contributed by atoms with Gasteiger partial charge < -0.3 is 14.2 Å². The highest BCUT2D eigenvalue weighted by Gasteiger charge is 2.31. The zero-order valence-electron chi connectivity index (χ0n) is 17.1. The number of ether oxygens (including phenoxy) is 3. The van der Waals surface area contributed by atoms with Crippen molar-refractivity contribution in [1.82, 2.24) is 0 Å². The number of aryl methyl sites for hydroxylation is 1. The van der Waals surface area contributed by atoms with Crippen molar-refractivity contribution in [3.63, 3.8) is 0 Å². The minimum absolute atomic E-state index is 0.0977. The van der Waals surface area contributed by atoms with Crippen LogP contribution in [-0.4, -0.2) is 38.5 Å². The molecule has 6 heteroatoms. The van der Waals surface area contributed by atoms with Gasteiger partial charge in [0.2, 0.25) is 0 Å². The van der Waals surface area contributed by atoms with Crippen LogP contribution in [0, 0.1) is 5.92 Å². The SMILES string of the molecule is COC(=O)C(C[C@@H](CCc1ccccc1)SCc1ccc(OC)cc1)C(=O)OC. The second-order valence-corrected chi connectivity index (χ2v) is 7.93. The fraction of sp³-hybridized carbons (Fsp3) is 0.391. The number of esters is 2. The van der Waals surface area contributed by atoms with Crippen molar-refractivity contribution in [2.24, 2.45) is 5.92 Å². The first-order valence-corrected chi connectivity index (χ1v) is 10.6. The first-order chi connectivity index (χ1) is 14.1. The van der Waals surface area contributed by atoms with Crippen LogP contribution in [0.4, 0.5) is 0 Å². The summed E-state index contributed by atoms with van der Waals surface area (Å²) >= 11 is 1.74. The van der Waals surface area contributed by atoms with Gasteiger partial charge in [0.15, 0.2) is 5.92 Å². The zero-order valence-corrected chi connectivity index (χ0v) is 17.9. The van der Waals surface area contributed by atoms with Gasteiger partial charge in [-0.3, -0.25) is 9.59 Å². The number of rotatable bonds is 11. The van der Waals surface area contributed by atoms with Gasteiger partial charge in [0, 0.05) is 11.0 Å². The summed E-state index contributed by atoms with van der Waals surface area (Å²) in [7, 11) is 4.23. The highest BCUT2D eigenvalue weighted by molar-refractivity contribution is 7.99. The molecular formula is C23H28O5S. The molecule has 0 fully saturated rings. The maximum Gasteiger partial charge on any atom is 0.320 e. The third kappa shape index (κ3) is 7.46. The zero-order chi connectivity index (χ0) is 21.1. The van der Waals surface area contributed by atoms with E-state index in [2.05, 4.69) is 12.1 Å². The van der Waals surface area contributed by atoms with E-state index in [9.17, 15) is 9.59 Å². The molecule has 0 spiro atoms.